The van der Waals surface area contributed by atoms with Gasteiger partial charge in [0.05, 0.1) is 0 Å². The Morgan fingerprint density at radius 2 is 2.28 bits per heavy atom. The van der Waals surface area contributed by atoms with E-state index in [0.29, 0.717) is 16.9 Å². The van der Waals surface area contributed by atoms with Crippen molar-refractivity contribution in [3.05, 3.63) is 23.8 Å². The quantitative estimate of drug-likeness (QED) is 0.370. The SMILES string of the molecule is C=C1C(=O)OC2C1CC/C(C)=C\CCC1(C)CC21. The molecule has 2 aliphatic carbocycles. The van der Waals surface area contributed by atoms with Crippen LogP contribution in [0.2, 0.25) is 0 Å². The number of fused-ring (bicyclic) bond motifs is 3. The Morgan fingerprint density at radius 1 is 1.50 bits per heavy atom. The molecule has 4 unspecified atom stereocenters. The number of carbonyl (C=O) groups excluding carboxylic acids is 1. The fourth-order valence-electron chi connectivity index (χ4n) is 3.71. The zero-order valence-electron chi connectivity index (χ0n) is 11.4. The van der Waals surface area contributed by atoms with Crippen LogP contribution < -0.4 is 0 Å². The number of carbonyl (C=O) groups is 1. The summed E-state index contributed by atoms with van der Waals surface area (Å²) < 4.78 is 5.61. The third kappa shape index (κ3) is 1.82. The van der Waals surface area contributed by atoms with Gasteiger partial charge in [0, 0.05) is 17.4 Å². The number of esters is 1. The van der Waals surface area contributed by atoms with Gasteiger partial charge >= 0.3 is 5.97 Å². The Hall–Kier alpha value is -1.05. The molecule has 0 aromatic carbocycles. The van der Waals surface area contributed by atoms with Gasteiger partial charge in [0.1, 0.15) is 6.10 Å². The lowest BCUT2D eigenvalue weighted by molar-refractivity contribution is -0.140. The summed E-state index contributed by atoms with van der Waals surface area (Å²) in [6, 6.07) is 0. The molecule has 18 heavy (non-hydrogen) atoms. The molecule has 0 N–H and O–H groups in total. The first kappa shape index (κ1) is 12.0. The molecule has 0 amide bonds. The molecule has 98 valence electrons. The Morgan fingerprint density at radius 3 is 3.06 bits per heavy atom. The largest absolute Gasteiger partial charge is 0.458 e. The number of hydrogen-bond acceptors (Lipinski definition) is 2. The van der Waals surface area contributed by atoms with Gasteiger partial charge in [-0.3, -0.25) is 0 Å². The Kier molecular flexibility index (Phi) is 2.65. The van der Waals surface area contributed by atoms with Crippen molar-refractivity contribution in [3.63, 3.8) is 0 Å². The molecular formula is C16H22O2. The van der Waals surface area contributed by atoms with Crippen molar-refractivity contribution >= 4 is 5.97 Å². The normalized spacial score (nSPS) is 46.6. The molecule has 3 aliphatic rings. The van der Waals surface area contributed by atoms with E-state index in [1.165, 1.54) is 24.8 Å². The molecular weight excluding hydrogens is 224 g/mol. The van der Waals surface area contributed by atoms with Crippen LogP contribution in [0.4, 0.5) is 0 Å². The van der Waals surface area contributed by atoms with Gasteiger partial charge in [-0.05, 0) is 44.4 Å². The molecule has 1 heterocycles. The predicted octanol–water partition coefficient (Wildman–Crippen LogP) is 3.63. The maximum absolute atomic E-state index is 11.8. The minimum atomic E-state index is -0.153. The Balaban J connectivity index is 1.87. The fraction of sp³-hybridized carbons (Fsp3) is 0.688. The summed E-state index contributed by atoms with van der Waals surface area (Å²) in [7, 11) is 0. The minimum absolute atomic E-state index is 0.112. The molecule has 0 aromatic rings. The average molecular weight is 246 g/mol. The summed E-state index contributed by atoms with van der Waals surface area (Å²) >= 11 is 0. The average Bonchev–Trinajstić information content (AvgIpc) is 2.90. The number of allylic oxidation sites excluding steroid dienone is 2. The van der Waals surface area contributed by atoms with Crippen LogP contribution in [-0.4, -0.2) is 12.1 Å². The van der Waals surface area contributed by atoms with Crippen molar-refractivity contribution in [1.29, 1.82) is 0 Å². The Bertz CT molecular complexity index is 434. The first-order chi connectivity index (χ1) is 8.51. The highest BCUT2D eigenvalue weighted by Gasteiger charge is 2.59. The summed E-state index contributed by atoms with van der Waals surface area (Å²) in [5.41, 5.74) is 2.55. The number of hydrogen-bond donors (Lipinski definition) is 0. The zero-order valence-corrected chi connectivity index (χ0v) is 11.4. The van der Waals surface area contributed by atoms with E-state index < -0.39 is 0 Å². The number of ether oxygens (including phenoxy) is 1. The highest BCUT2D eigenvalue weighted by atomic mass is 16.6. The molecule has 2 heteroatoms. The lowest BCUT2D eigenvalue weighted by atomic mass is 9.84. The summed E-state index contributed by atoms with van der Waals surface area (Å²) in [5.74, 6) is 0.670. The van der Waals surface area contributed by atoms with Gasteiger partial charge in [0.25, 0.3) is 0 Å². The van der Waals surface area contributed by atoms with Crippen LogP contribution in [-0.2, 0) is 9.53 Å². The minimum Gasteiger partial charge on any atom is -0.458 e. The zero-order chi connectivity index (χ0) is 12.9. The van der Waals surface area contributed by atoms with Gasteiger partial charge in [-0.2, -0.15) is 0 Å². The van der Waals surface area contributed by atoms with E-state index in [4.69, 9.17) is 4.74 Å². The first-order valence-electron chi connectivity index (χ1n) is 7.07. The van der Waals surface area contributed by atoms with E-state index in [0.717, 1.165) is 12.8 Å². The highest BCUT2D eigenvalue weighted by molar-refractivity contribution is 5.90. The van der Waals surface area contributed by atoms with E-state index >= 15 is 0 Å². The van der Waals surface area contributed by atoms with E-state index in [1.54, 1.807) is 0 Å². The predicted molar refractivity (Wildman–Crippen MR) is 70.9 cm³/mol. The maximum Gasteiger partial charge on any atom is 0.334 e. The molecule has 2 fully saturated rings. The lowest BCUT2D eigenvalue weighted by Gasteiger charge is -2.22. The van der Waals surface area contributed by atoms with Crippen molar-refractivity contribution in [1.82, 2.24) is 0 Å². The summed E-state index contributed by atoms with van der Waals surface area (Å²) in [4.78, 5) is 11.8. The van der Waals surface area contributed by atoms with Crippen molar-refractivity contribution in [2.45, 2.75) is 52.1 Å². The van der Waals surface area contributed by atoms with Crippen molar-refractivity contribution in [2.75, 3.05) is 0 Å². The molecule has 4 atom stereocenters. The second kappa shape index (κ2) is 3.97. The Labute approximate surface area is 109 Å². The number of rotatable bonds is 0. The second-order valence-electron chi connectivity index (χ2n) is 6.59. The van der Waals surface area contributed by atoms with E-state index in [-0.39, 0.29) is 18.0 Å². The van der Waals surface area contributed by atoms with Gasteiger partial charge in [-0.1, -0.05) is 25.2 Å². The van der Waals surface area contributed by atoms with Crippen LogP contribution in [0.5, 0.6) is 0 Å². The van der Waals surface area contributed by atoms with Gasteiger partial charge in [-0.25, -0.2) is 4.79 Å². The summed E-state index contributed by atoms with van der Waals surface area (Å²) in [6.45, 7) is 8.49. The third-order valence-electron chi connectivity index (χ3n) is 5.23. The van der Waals surface area contributed by atoms with Gasteiger partial charge in [0.15, 0.2) is 0 Å². The molecule has 1 aliphatic heterocycles. The molecule has 0 spiro atoms. The second-order valence-corrected chi connectivity index (χ2v) is 6.59. The van der Waals surface area contributed by atoms with Crippen LogP contribution >= 0.6 is 0 Å². The maximum atomic E-state index is 11.8. The summed E-state index contributed by atoms with van der Waals surface area (Å²) in [5, 5.41) is 0. The third-order valence-corrected chi connectivity index (χ3v) is 5.23. The monoisotopic (exact) mass is 246 g/mol. The lowest BCUT2D eigenvalue weighted by Crippen LogP contribution is -2.23. The molecule has 3 rings (SSSR count). The van der Waals surface area contributed by atoms with Crippen LogP contribution in [0.15, 0.2) is 23.8 Å². The molecule has 1 saturated carbocycles. The van der Waals surface area contributed by atoms with Gasteiger partial charge in [0.2, 0.25) is 0 Å². The van der Waals surface area contributed by atoms with Crippen LogP contribution in [0, 0.1) is 17.3 Å². The summed E-state index contributed by atoms with van der Waals surface area (Å²) in [6.07, 6.45) is 8.18. The van der Waals surface area contributed by atoms with E-state index in [2.05, 4.69) is 26.5 Å². The standard InChI is InChI=1S/C16H22O2/c1-10-5-4-8-16(3)9-13(16)14-12(7-6-10)11(2)15(17)18-14/h5,12-14H,2,4,6-9H2,1,3H3/b10-5-. The van der Waals surface area contributed by atoms with Crippen LogP contribution in [0.1, 0.15) is 46.0 Å². The van der Waals surface area contributed by atoms with Crippen LogP contribution in [0.25, 0.3) is 0 Å². The highest BCUT2D eigenvalue weighted by Crippen LogP contribution is 2.61. The fourth-order valence-corrected chi connectivity index (χ4v) is 3.71. The topological polar surface area (TPSA) is 26.3 Å². The first-order valence-corrected chi connectivity index (χ1v) is 7.07. The molecule has 0 radical (unpaired) electrons. The van der Waals surface area contributed by atoms with Gasteiger partial charge in [-0.15, -0.1) is 0 Å². The molecule has 0 bridgehead atoms. The molecule has 0 aromatic heterocycles. The van der Waals surface area contributed by atoms with E-state index in [1.807, 2.05) is 0 Å². The van der Waals surface area contributed by atoms with E-state index in [9.17, 15) is 4.79 Å². The molecule has 2 nitrogen and oxygen atoms in total. The van der Waals surface area contributed by atoms with Crippen molar-refractivity contribution in [3.8, 4) is 0 Å². The van der Waals surface area contributed by atoms with Crippen molar-refractivity contribution in [2.24, 2.45) is 17.3 Å². The van der Waals surface area contributed by atoms with Crippen LogP contribution in [0.3, 0.4) is 0 Å². The smallest absolute Gasteiger partial charge is 0.334 e. The van der Waals surface area contributed by atoms with Crippen molar-refractivity contribution < 1.29 is 9.53 Å². The molecule has 1 saturated heterocycles. The van der Waals surface area contributed by atoms with Gasteiger partial charge < -0.3 is 4.74 Å².